The lowest BCUT2D eigenvalue weighted by molar-refractivity contribution is -0.419. The SMILES string of the molecule is C[NH+]=C(Nc1ccc(Cl)c(Cl)c1)c1cccc([N+](=O)[O-])c1. The van der Waals surface area contributed by atoms with Gasteiger partial charge in [-0.05, 0) is 18.2 Å². The van der Waals surface area contributed by atoms with E-state index in [1.807, 2.05) is 0 Å². The topological polar surface area (TPSA) is 69.1 Å². The van der Waals surface area contributed by atoms with E-state index in [0.29, 0.717) is 21.4 Å². The van der Waals surface area contributed by atoms with Crippen molar-refractivity contribution in [2.45, 2.75) is 0 Å². The smallest absolute Gasteiger partial charge is 0.277 e. The molecule has 7 heteroatoms. The minimum atomic E-state index is -0.435. The third-order valence-electron chi connectivity index (χ3n) is 2.78. The number of hydrogen-bond acceptors (Lipinski definition) is 2. The number of benzene rings is 2. The van der Waals surface area contributed by atoms with Crippen LogP contribution in [-0.4, -0.2) is 17.8 Å². The van der Waals surface area contributed by atoms with Crippen molar-refractivity contribution in [1.82, 2.24) is 0 Å². The van der Waals surface area contributed by atoms with Gasteiger partial charge in [0.15, 0.2) is 0 Å². The average molecular weight is 325 g/mol. The zero-order valence-corrected chi connectivity index (χ0v) is 12.6. The fraction of sp³-hybridized carbons (Fsp3) is 0.0714. The molecule has 0 aromatic heterocycles. The van der Waals surface area contributed by atoms with E-state index < -0.39 is 4.92 Å². The summed E-state index contributed by atoms with van der Waals surface area (Å²) in [7, 11) is 1.72. The van der Waals surface area contributed by atoms with E-state index in [-0.39, 0.29) is 5.69 Å². The van der Waals surface area contributed by atoms with Crippen LogP contribution in [0.1, 0.15) is 5.56 Å². The number of hydrogen-bond donors (Lipinski definition) is 2. The Morgan fingerprint density at radius 1 is 1.19 bits per heavy atom. The zero-order valence-electron chi connectivity index (χ0n) is 11.1. The molecule has 0 saturated carbocycles. The first-order valence-electron chi connectivity index (χ1n) is 6.03. The third kappa shape index (κ3) is 3.71. The molecule has 2 aromatic rings. The first-order valence-corrected chi connectivity index (χ1v) is 6.78. The Bertz CT molecular complexity index is 717. The molecule has 0 radical (unpaired) electrons. The molecule has 0 aliphatic heterocycles. The van der Waals surface area contributed by atoms with Crippen LogP contribution in [0.4, 0.5) is 11.4 Å². The summed E-state index contributed by atoms with van der Waals surface area (Å²) < 4.78 is 0. The van der Waals surface area contributed by atoms with E-state index in [0.717, 1.165) is 5.69 Å². The van der Waals surface area contributed by atoms with Crippen LogP contribution in [0, 0.1) is 10.1 Å². The maximum Gasteiger partial charge on any atom is 0.280 e. The summed E-state index contributed by atoms with van der Waals surface area (Å²) in [5.41, 5.74) is 1.41. The molecule has 0 atom stereocenters. The van der Waals surface area contributed by atoms with E-state index in [2.05, 4.69) is 10.3 Å². The number of nitro groups is 1. The summed E-state index contributed by atoms with van der Waals surface area (Å²) in [6.45, 7) is 0. The van der Waals surface area contributed by atoms with Crippen molar-refractivity contribution >= 4 is 40.4 Å². The van der Waals surface area contributed by atoms with E-state index in [1.165, 1.54) is 12.1 Å². The number of nitro benzene ring substituents is 1. The molecule has 0 saturated heterocycles. The van der Waals surface area contributed by atoms with E-state index >= 15 is 0 Å². The van der Waals surface area contributed by atoms with Gasteiger partial charge in [0, 0.05) is 18.2 Å². The molecular weight excluding hydrogens is 313 g/mol. The highest BCUT2D eigenvalue weighted by Gasteiger charge is 2.15. The van der Waals surface area contributed by atoms with Crippen LogP contribution in [0.15, 0.2) is 42.5 Å². The van der Waals surface area contributed by atoms with Crippen molar-refractivity contribution in [3.8, 4) is 0 Å². The van der Waals surface area contributed by atoms with Gasteiger partial charge in [-0.2, -0.15) is 0 Å². The molecule has 0 fully saturated rings. The molecule has 0 aliphatic rings. The number of halogens is 2. The number of nitrogens with zero attached hydrogens (tertiary/aromatic N) is 1. The summed E-state index contributed by atoms with van der Waals surface area (Å²) >= 11 is 11.8. The molecule has 0 amide bonds. The van der Waals surface area contributed by atoms with E-state index in [1.54, 1.807) is 37.4 Å². The first-order chi connectivity index (χ1) is 10.0. The van der Waals surface area contributed by atoms with Gasteiger partial charge in [-0.15, -0.1) is 0 Å². The fourth-order valence-electron chi connectivity index (χ4n) is 1.77. The van der Waals surface area contributed by atoms with E-state index in [9.17, 15) is 10.1 Å². The van der Waals surface area contributed by atoms with Gasteiger partial charge in [0.1, 0.15) is 5.69 Å². The van der Waals surface area contributed by atoms with Crippen LogP contribution in [-0.2, 0) is 0 Å². The number of nitrogens with one attached hydrogen (secondary N) is 2. The maximum atomic E-state index is 10.8. The van der Waals surface area contributed by atoms with Gasteiger partial charge in [0.25, 0.3) is 11.5 Å². The predicted molar refractivity (Wildman–Crippen MR) is 84.2 cm³/mol. The fourth-order valence-corrected chi connectivity index (χ4v) is 2.07. The average Bonchev–Trinajstić information content (AvgIpc) is 2.48. The predicted octanol–water partition coefficient (Wildman–Crippen LogP) is 2.47. The van der Waals surface area contributed by atoms with Gasteiger partial charge in [0.2, 0.25) is 0 Å². The van der Waals surface area contributed by atoms with Gasteiger partial charge >= 0.3 is 0 Å². The Morgan fingerprint density at radius 3 is 2.57 bits per heavy atom. The zero-order chi connectivity index (χ0) is 15.4. The first kappa shape index (κ1) is 15.3. The monoisotopic (exact) mass is 324 g/mol. The van der Waals surface area contributed by atoms with Crippen LogP contribution in [0.25, 0.3) is 0 Å². The van der Waals surface area contributed by atoms with Crippen molar-refractivity contribution in [3.63, 3.8) is 0 Å². The van der Waals surface area contributed by atoms with Crippen molar-refractivity contribution in [2.24, 2.45) is 0 Å². The molecule has 2 rings (SSSR count). The highest BCUT2D eigenvalue weighted by atomic mass is 35.5. The van der Waals surface area contributed by atoms with Gasteiger partial charge in [-0.1, -0.05) is 29.3 Å². The molecular formula is C14H12Cl2N3O2+. The lowest BCUT2D eigenvalue weighted by atomic mass is 10.1. The molecule has 5 nitrogen and oxygen atoms in total. The largest absolute Gasteiger partial charge is 0.280 e. The van der Waals surface area contributed by atoms with Crippen molar-refractivity contribution in [3.05, 3.63) is 68.2 Å². The number of anilines is 1. The molecule has 0 aliphatic carbocycles. The normalized spacial score (nSPS) is 11.3. The molecule has 0 heterocycles. The van der Waals surface area contributed by atoms with Gasteiger partial charge in [-0.3, -0.25) is 15.1 Å². The Kier molecular flexibility index (Phi) is 4.77. The van der Waals surface area contributed by atoms with Crippen molar-refractivity contribution in [1.29, 1.82) is 0 Å². The van der Waals surface area contributed by atoms with Gasteiger partial charge < -0.3 is 0 Å². The Hall–Kier alpha value is -2.11. The van der Waals surface area contributed by atoms with Crippen LogP contribution in [0.5, 0.6) is 0 Å². The Balaban J connectivity index is 2.30. The molecule has 2 aromatic carbocycles. The summed E-state index contributed by atoms with van der Waals surface area (Å²) in [5, 5.41) is 14.8. The van der Waals surface area contributed by atoms with E-state index in [4.69, 9.17) is 23.2 Å². The highest BCUT2D eigenvalue weighted by molar-refractivity contribution is 6.42. The molecule has 21 heavy (non-hydrogen) atoms. The molecule has 0 unspecified atom stereocenters. The van der Waals surface area contributed by atoms with Crippen LogP contribution in [0.2, 0.25) is 10.0 Å². The lowest BCUT2D eigenvalue weighted by Crippen LogP contribution is -2.70. The number of non-ortho nitro benzene ring substituents is 1. The maximum absolute atomic E-state index is 10.8. The molecule has 108 valence electrons. The number of rotatable bonds is 3. The highest BCUT2D eigenvalue weighted by Crippen LogP contribution is 2.25. The number of amidine groups is 1. The van der Waals surface area contributed by atoms with Gasteiger partial charge in [0.05, 0.1) is 27.6 Å². The van der Waals surface area contributed by atoms with Crippen LogP contribution in [0.3, 0.4) is 0 Å². The summed E-state index contributed by atoms with van der Waals surface area (Å²) in [4.78, 5) is 13.4. The second-order valence-corrected chi connectivity index (χ2v) is 5.00. The standard InChI is InChI=1S/C14H11Cl2N3O2/c1-17-14(9-3-2-4-11(7-9)19(20)21)18-10-5-6-12(15)13(16)8-10/h2-8H,1H3,(H,17,18)/p+1. The quantitative estimate of drug-likeness (QED) is 0.394. The Labute approximate surface area is 131 Å². The minimum Gasteiger partial charge on any atom is -0.277 e. The summed E-state index contributed by atoms with van der Waals surface area (Å²) in [5.74, 6) is 0.622. The molecule has 2 N–H and O–H groups in total. The van der Waals surface area contributed by atoms with Crippen LogP contribution >= 0.6 is 23.2 Å². The summed E-state index contributed by atoms with van der Waals surface area (Å²) in [6.07, 6.45) is 0. The third-order valence-corrected chi connectivity index (χ3v) is 3.52. The molecule has 0 bridgehead atoms. The Morgan fingerprint density at radius 2 is 1.95 bits per heavy atom. The summed E-state index contributed by atoms with van der Waals surface area (Å²) in [6, 6.07) is 11.4. The van der Waals surface area contributed by atoms with Crippen molar-refractivity contribution < 1.29 is 9.92 Å². The minimum absolute atomic E-state index is 0.0242. The van der Waals surface area contributed by atoms with Crippen molar-refractivity contribution in [2.75, 3.05) is 12.4 Å². The molecule has 0 spiro atoms. The van der Waals surface area contributed by atoms with Gasteiger partial charge in [-0.25, -0.2) is 5.32 Å². The second kappa shape index (κ2) is 6.56. The lowest BCUT2D eigenvalue weighted by Gasteiger charge is -2.04. The van der Waals surface area contributed by atoms with Crippen LogP contribution < -0.4 is 10.3 Å². The second-order valence-electron chi connectivity index (χ2n) is 4.19.